The van der Waals surface area contributed by atoms with E-state index in [1.54, 1.807) is 19.1 Å². The van der Waals surface area contributed by atoms with Gasteiger partial charge in [0.1, 0.15) is 17.1 Å². The highest BCUT2D eigenvalue weighted by molar-refractivity contribution is 5.99. The molecule has 32 heavy (non-hydrogen) atoms. The van der Waals surface area contributed by atoms with E-state index >= 15 is 0 Å². The van der Waals surface area contributed by atoms with Gasteiger partial charge in [0.15, 0.2) is 5.76 Å². The van der Waals surface area contributed by atoms with Gasteiger partial charge >= 0.3 is 0 Å². The lowest BCUT2D eigenvalue weighted by Crippen LogP contribution is -2.50. The average molecular weight is 437 g/mol. The van der Waals surface area contributed by atoms with Gasteiger partial charge in [-0.3, -0.25) is 9.59 Å². The first-order valence-corrected chi connectivity index (χ1v) is 10.8. The molecule has 0 unspecified atom stereocenters. The minimum Gasteiger partial charge on any atom is -0.497 e. The number of methoxy groups -OCH3 is 2. The predicted molar refractivity (Wildman–Crippen MR) is 121 cm³/mol. The van der Waals surface area contributed by atoms with Crippen LogP contribution in [0.15, 0.2) is 46.9 Å². The van der Waals surface area contributed by atoms with Crippen LogP contribution in [-0.2, 0) is 11.2 Å². The van der Waals surface area contributed by atoms with Crippen LogP contribution in [0.5, 0.6) is 11.5 Å². The van der Waals surface area contributed by atoms with E-state index in [1.807, 2.05) is 54.3 Å². The van der Waals surface area contributed by atoms with Gasteiger partial charge in [0.2, 0.25) is 5.91 Å². The number of carbonyl (C=O) groups excluding carboxylic acids is 2. The summed E-state index contributed by atoms with van der Waals surface area (Å²) in [4.78, 5) is 29.3. The average Bonchev–Trinajstić information content (AvgIpc) is 3.18. The molecule has 168 valence electrons. The maximum absolute atomic E-state index is 13.1. The van der Waals surface area contributed by atoms with Gasteiger partial charge in [-0.15, -0.1) is 0 Å². The summed E-state index contributed by atoms with van der Waals surface area (Å²) in [5, 5.41) is 0.875. The molecule has 0 spiro atoms. The Morgan fingerprint density at radius 1 is 0.906 bits per heavy atom. The summed E-state index contributed by atoms with van der Waals surface area (Å²) in [6.07, 6.45) is 1.13. The number of hydrogen-bond acceptors (Lipinski definition) is 5. The molecule has 4 rings (SSSR count). The van der Waals surface area contributed by atoms with E-state index in [4.69, 9.17) is 13.9 Å². The van der Waals surface area contributed by atoms with Crippen molar-refractivity contribution in [2.24, 2.45) is 0 Å². The normalized spacial score (nSPS) is 14.0. The highest BCUT2D eigenvalue weighted by Gasteiger charge is 2.28. The number of furan rings is 1. The zero-order valence-electron chi connectivity index (χ0n) is 18.7. The fourth-order valence-electron chi connectivity index (χ4n) is 4.04. The molecule has 2 aromatic carbocycles. The van der Waals surface area contributed by atoms with Crippen LogP contribution in [-0.4, -0.2) is 62.0 Å². The lowest BCUT2D eigenvalue weighted by Gasteiger charge is -2.34. The number of rotatable bonds is 6. The predicted octanol–water partition coefficient (Wildman–Crippen LogP) is 3.68. The summed E-state index contributed by atoms with van der Waals surface area (Å²) in [5.41, 5.74) is 2.57. The van der Waals surface area contributed by atoms with E-state index < -0.39 is 0 Å². The van der Waals surface area contributed by atoms with Gasteiger partial charge in [-0.1, -0.05) is 12.1 Å². The van der Waals surface area contributed by atoms with Gasteiger partial charge in [0.05, 0.1) is 14.2 Å². The largest absolute Gasteiger partial charge is 0.497 e. The van der Waals surface area contributed by atoms with Crippen LogP contribution in [0.3, 0.4) is 0 Å². The third-order valence-electron chi connectivity index (χ3n) is 6.04. The second-order valence-corrected chi connectivity index (χ2v) is 7.94. The number of aryl methyl sites for hydroxylation is 2. The van der Waals surface area contributed by atoms with Crippen molar-refractivity contribution in [2.75, 3.05) is 40.4 Å². The molecule has 7 nitrogen and oxygen atoms in total. The Kier molecular flexibility index (Phi) is 6.35. The van der Waals surface area contributed by atoms with E-state index in [0.29, 0.717) is 50.4 Å². The summed E-state index contributed by atoms with van der Waals surface area (Å²) in [6, 6.07) is 13.3. The van der Waals surface area contributed by atoms with Gasteiger partial charge in [0.25, 0.3) is 5.91 Å². The lowest BCUT2D eigenvalue weighted by molar-refractivity contribution is -0.132. The van der Waals surface area contributed by atoms with Crippen LogP contribution in [0.2, 0.25) is 0 Å². The van der Waals surface area contributed by atoms with E-state index in [0.717, 1.165) is 28.0 Å². The Balaban J connectivity index is 1.33. The van der Waals surface area contributed by atoms with Crippen LogP contribution in [0.25, 0.3) is 11.0 Å². The molecule has 0 saturated carbocycles. The molecule has 1 saturated heterocycles. The van der Waals surface area contributed by atoms with Crippen LogP contribution in [0, 0.1) is 6.92 Å². The van der Waals surface area contributed by atoms with Crippen molar-refractivity contribution in [1.82, 2.24) is 9.80 Å². The number of amides is 2. The highest BCUT2D eigenvalue weighted by atomic mass is 16.5. The summed E-state index contributed by atoms with van der Waals surface area (Å²) >= 11 is 0. The topological polar surface area (TPSA) is 72.2 Å². The molecule has 2 heterocycles. The SMILES string of the molecule is COc1ccc(CCC(=O)N2CCN(C(=O)c3oc4ccc(OC)cc4c3C)CC2)cc1. The van der Waals surface area contributed by atoms with Crippen molar-refractivity contribution in [3.63, 3.8) is 0 Å². The third kappa shape index (κ3) is 4.42. The van der Waals surface area contributed by atoms with E-state index in [-0.39, 0.29) is 11.8 Å². The molecule has 0 bridgehead atoms. The number of benzene rings is 2. The molecular weight excluding hydrogens is 408 g/mol. The summed E-state index contributed by atoms with van der Waals surface area (Å²) in [7, 11) is 3.25. The maximum Gasteiger partial charge on any atom is 0.290 e. The second-order valence-electron chi connectivity index (χ2n) is 7.94. The van der Waals surface area contributed by atoms with Gasteiger partial charge in [-0.25, -0.2) is 0 Å². The summed E-state index contributed by atoms with van der Waals surface area (Å²) < 4.78 is 16.3. The molecule has 1 fully saturated rings. The smallest absolute Gasteiger partial charge is 0.290 e. The minimum atomic E-state index is -0.136. The fourth-order valence-corrected chi connectivity index (χ4v) is 4.04. The number of nitrogens with zero attached hydrogens (tertiary/aromatic N) is 2. The number of hydrogen-bond donors (Lipinski definition) is 0. The van der Waals surface area contributed by atoms with Crippen LogP contribution in [0.1, 0.15) is 28.1 Å². The zero-order valence-corrected chi connectivity index (χ0v) is 18.7. The van der Waals surface area contributed by atoms with Crippen molar-refractivity contribution in [3.8, 4) is 11.5 Å². The Bertz CT molecular complexity index is 1110. The maximum atomic E-state index is 13.1. The molecule has 1 aromatic heterocycles. The Hall–Kier alpha value is -3.48. The highest BCUT2D eigenvalue weighted by Crippen LogP contribution is 2.29. The third-order valence-corrected chi connectivity index (χ3v) is 6.04. The molecule has 3 aromatic rings. The monoisotopic (exact) mass is 436 g/mol. The van der Waals surface area contributed by atoms with Gasteiger partial charge in [-0.2, -0.15) is 0 Å². The molecule has 0 atom stereocenters. The van der Waals surface area contributed by atoms with Crippen LogP contribution >= 0.6 is 0 Å². The minimum absolute atomic E-state index is 0.111. The molecule has 1 aliphatic rings. The quantitative estimate of drug-likeness (QED) is 0.590. The zero-order chi connectivity index (χ0) is 22.7. The van der Waals surface area contributed by atoms with Crippen molar-refractivity contribution in [1.29, 1.82) is 0 Å². The molecule has 0 radical (unpaired) electrons. The van der Waals surface area contributed by atoms with Gasteiger partial charge < -0.3 is 23.7 Å². The van der Waals surface area contributed by atoms with Gasteiger partial charge in [0, 0.05) is 43.5 Å². The van der Waals surface area contributed by atoms with Crippen LogP contribution in [0.4, 0.5) is 0 Å². The van der Waals surface area contributed by atoms with E-state index in [9.17, 15) is 9.59 Å². The van der Waals surface area contributed by atoms with Crippen molar-refractivity contribution >= 4 is 22.8 Å². The Morgan fingerprint density at radius 2 is 1.53 bits per heavy atom. The number of piperazine rings is 1. The number of ether oxygens (including phenoxy) is 2. The molecule has 1 aliphatic heterocycles. The summed E-state index contributed by atoms with van der Waals surface area (Å²) in [5.74, 6) is 1.86. The standard InChI is InChI=1S/C25H28N2O5/c1-17-21-16-20(31-3)9-10-22(21)32-24(17)25(29)27-14-12-26(13-15-27)23(28)11-6-18-4-7-19(30-2)8-5-18/h4-5,7-10,16H,6,11-15H2,1-3H3. The molecule has 0 N–H and O–H groups in total. The second kappa shape index (κ2) is 9.34. The summed E-state index contributed by atoms with van der Waals surface area (Å²) in [6.45, 7) is 3.93. The van der Waals surface area contributed by atoms with Crippen molar-refractivity contribution in [3.05, 3.63) is 59.4 Å². The van der Waals surface area contributed by atoms with Crippen LogP contribution < -0.4 is 9.47 Å². The van der Waals surface area contributed by atoms with E-state index in [1.165, 1.54) is 0 Å². The fraction of sp³-hybridized carbons (Fsp3) is 0.360. The first-order valence-electron chi connectivity index (χ1n) is 10.8. The Morgan fingerprint density at radius 3 is 2.19 bits per heavy atom. The van der Waals surface area contributed by atoms with Gasteiger partial charge in [-0.05, 0) is 49.2 Å². The molecule has 2 amide bonds. The van der Waals surface area contributed by atoms with E-state index in [2.05, 4.69) is 0 Å². The Labute approximate surface area is 187 Å². The number of carbonyl (C=O) groups is 2. The lowest BCUT2D eigenvalue weighted by atomic mass is 10.1. The number of fused-ring (bicyclic) bond motifs is 1. The molecular formula is C25H28N2O5. The molecule has 7 heteroatoms. The first kappa shape index (κ1) is 21.7. The van der Waals surface area contributed by atoms with Crippen molar-refractivity contribution in [2.45, 2.75) is 19.8 Å². The van der Waals surface area contributed by atoms with Crippen molar-refractivity contribution < 1.29 is 23.5 Å². The molecule has 0 aliphatic carbocycles. The first-order chi connectivity index (χ1) is 15.5.